The van der Waals surface area contributed by atoms with E-state index < -0.39 is 5.41 Å². The van der Waals surface area contributed by atoms with E-state index in [2.05, 4.69) is 27.8 Å². The van der Waals surface area contributed by atoms with E-state index in [1.54, 1.807) is 0 Å². The molecule has 1 fully saturated rings. The van der Waals surface area contributed by atoms with Gasteiger partial charge < -0.3 is 15.8 Å². The molecule has 16 heavy (non-hydrogen) atoms. The average molecular weight is 314 g/mol. The fraction of sp³-hybridized carbons (Fsp3) is 0.700. The van der Waals surface area contributed by atoms with E-state index >= 15 is 0 Å². The van der Waals surface area contributed by atoms with Gasteiger partial charge in [-0.15, -0.1) is 12.4 Å². The minimum atomic E-state index is -0.444. The average Bonchev–Trinajstić information content (AvgIpc) is 2.26. The molecule has 6 heteroatoms. The Morgan fingerprint density at radius 3 is 2.50 bits per heavy atom. The summed E-state index contributed by atoms with van der Waals surface area (Å²) < 4.78 is 6.00. The van der Waals surface area contributed by atoms with Gasteiger partial charge in [0.05, 0.1) is 5.41 Å². The zero-order valence-electron chi connectivity index (χ0n) is 9.13. The van der Waals surface area contributed by atoms with Crippen molar-refractivity contribution in [3.8, 4) is 0 Å². The molecule has 94 valence electrons. The summed E-state index contributed by atoms with van der Waals surface area (Å²) in [7, 11) is 0. The van der Waals surface area contributed by atoms with Gasteiger partial charge in [-0.05, 0) is 12.8 Å². The van der Waals surface area contributed by atoms with Gasteiger partial charge in [-0.2, -0.15) is 0 Å². The number of hydrogen-bond acceptors (Lipinski definition) is 3. The lowest BCUT2D eigenvalue weighted by molar-refractivity contribution is -0.135. The number of nitrogens with two attached hydrogens (primary N) is 1. The molecule has 0 saturated carbocycles. The van der Waals surface area contributed by atoms with E-state index in [1.807, 2.05) is 0 Å². The van der Waals surface area contributed by atoms with E-state index in [-0.39, 0.29) is 18.3 Å². The normalized spacial score (nSPS) is 18.4. The number of rotatable bonds is 4. The van der Waals surface area contributed by atoms with Gasteiger partial charge in [0.1, 0.15) is 0 Å². The highest BCUT2D eigenvalue weighted by Gasteiger charge is 2.38. The SMILES string of the molecule is C=C(Br)CNC(=O)C1(CN)CCOCC1.Cl. The molecule has 0 unspecified atom stereocenters. The van der Waals surface area contributed by atoms with Gasteiger partial charge in [-0.25, -0.2) is 0 Å². The highest BCUT2D eigenvalue weighted by molar-refractivity contribution is 9.11. The Kier molecular flexibility index (Phi) is 7.22. The smallest absolute Gasteiger partial charge is 0.227 e. The van der Waals surface area contributed by atoms with Crippen LogP contribution in [-0.4, -0.2) is 32.2 Å². The highest BCUT2D eigenvalue weighted by Crippen LogP contribution is 2.29. The lowest BCUT2D eigenvalue weighted by Crippen LogP contribution is -2.49. The first-order valence-electron chi connectivity index (χ1n) is 5.00. The number of nitrogens with one attached hydrogen (secondary N) is 1. The number of carbonyl (C=O) groups excluding carboxylic acids is 1. The highest BCUT2D eigenvalue weighted by atomic mass is 79.9. The molecule has 1 rings (SSSR count). The van der Waals surface area contributed by atoms with Crippen LogP contribution in [0, 0.1) is 5.41 Å². The Hall–Kier alpha value is -0.100. The molecular weight excluding hydrogens is 295 g/mol. The molecule has 1 aliphatic heterocycles. The van der Waals surface area contributed by atoms with E-state index in [0.29, 0.717) is 39.1 Å². The van der Waals surface area contributed by atoms with Crippen molar-refractivity contribution in [2.75, 3.05) is 26.3 Å². The first kappa shape index (κ1) is 15.9. The third-order valence-corrected chi connectivity index (χ3v) is 3.04. The molecule has 0 radical (unpaired) electrons. The van der Waals surface area contributed by atoms with Crippen molar-refractivity contribution in [1.29, 1.82) is 0 Å². The Balaban J connectivity index is 0.00000225. The van der Waals surface area contributed by atoms with E-state index in [0.717, 1.165) is 4.48 Å². The van der Waals surface area contributed by atoms with Gasteiger partial charge in [-0.1, -0.05) is 22.5 Å². The summed E-state index contributed by atoms with van der Waals surface area (Å²) >= 11 is 3.20. The van der Waals surface area contributed by atoms with Crippen molar-refractivity contribution in [1.82, 2.24) is 5.32 Å². The number of hydrogen-bond donors (Lipinski definition) is 2. The lowest BCUT2D eigenvalue weighted by atomic mass is 9.79. The molecule has 0 aromatic heterocycles. The second-order valence-electron chi connectivity index (χ2n) is 3.80. The summed E-state index contributed by atoms with van der Waals surface area (Å²) in [6.07, 6.45) is 1.40. The molecule has 0 atom stereocenters. The van der Waals surface area contributed by atoms with Gasteiger partial charge in [0.25, 0.3) is 0 Å². The molecule has 1 saturated heterocycles. The molecule has 0 aliphatic carbocycles. The topological polar surface area (TPSA) is 64.4 Å². The number of ether oxygens (including phenoxy) is 1. The molecular formula is C10H18BrClN2O2. The predicted octanol–water partition coefficient (Wildman–Crippen LogP) is 1.19. The van der Waals surface area contributed by atoms with Crippen LogP contribution in [0.1, 0.15) is 12.8 Å². The third-order valence-electron chi connectivity index (χ3n) is 2.76. The van der Waals surface area contributed by atoms with Crippen LogP contribution < -0.4 is 11.1 Å². The quantitative estimate of drug-likeness (QED) is 0.819. The maximum atomic E-state index is 11.9. The van der Waals surface area contributed by atoms with Crippen LogP contribution >= 0.6 is 28.3 Å². The van der Waals surface area contributed by atoms with Crippen molar-refractivity contribution in [3.05, 3.63) is 11.1 Å². The van der Waals surface area contributed by atoms with Gasteiger partial charge in [0, 0.05) is 30.8 Å². The van der Waals surface area contributed by atoms with Crippen LogP contribution in [-0.2, 0) is 9.53 Å². The molecule has 0 aromatic rings. The van der Waals surface area contributed by atoms with Crippen molar-refractivity contribution >= 4 is 34.2 Å². The zero-order valence-corrected chi connectivity index (χ0v) is 11.5. The van der Waals surface area contributed by atoms with Crippen LogP contribution in [0.25, 0.3) is 0 Å². The summed E-state index contributed by atoms with van der Waals surface area (Å²) in [6, 6.07) is 0. The van der Waals surface area contributed by atoms with Crippen LogP contribution in [0.2, 0.25) is 0 Å². The van der Waals surface area contributed by atoms with E-state index in [4.69, 9.17) is 10.5 Å². The molecule has 0 spiro atoms. The van der Waals surface area contributed by atoms with Gasteiger partial charge in [-0.3, -0.25) is 4.79 Å². The molecule has 3 N–H and O–H groups in total. The maximum Gasteiger partial charge on any atom is 0.227 e. The molecule has 1 amide bonds. The zero-order chi connectivity index (χ0) is 11.3. The fourth-order valence-corrected chi connectivity index (χ4v) is 1.79. The van der Waals surface area contributed by atoms with Crippen molar-refractivity contribution in [3.63, 3.8) is 0 Å². The summed E-state index contributed by atoms with van der Waals surface area (Å²) in [6.45, 7) is 5.71. The first-order valence-corrected chi connectivity index (χ1v) is 5.79. The van der Waals surface area contributed by atoms with Crippen molar-refractivity contribution < 1.29 is 9.53 Å². The minimum Gasteiger partial charge on any atom is -0.381 e. The molecule has 0 bridgehead atoms. The minimum absolute atomic E-state index is 0. The lowest BCUT2D eigenvalue weighted by Gasteiger charge is -2.34. The van der Waals surface area contributed by atoms with Gasteiger partial charge in [0.2, 0.25) is 5.91 Å². The molecule has 4 nitrogen and oxygen atoms in total. The summed E-state index contributed by atoms with van der Waals surface area (Å²) in [4.78, 5) is 11.9. The van der Waals surface area contributed by atoms with E-state index in [9.17, 15) is 4.79 Å². The molecule has 1 aliphatic rings. The summed E-state index contributed by atoms with van der Waals surface area (Å²) in [5.41, 5.74) is 5.25. The van der Waals surface area contributed by atoms with Gasteiger partial charge in [0.15, 0.2) is 0 Å². The van der Waals surface area contributed by atoms with Crippen LogP contribution in [0.15, 0.2) is 11.1 Å². The standard InChI is InChI=1S/C10H17BrN2O2.ClH/c1-8(11)6-13-9(14)10(7-12)2-4-15-5-3-10;/h1-7,12H2,(H,13,14);1H. The van der Waals surface area contributed by atoms with E-state index in [1.165, 1.54) is 0 Å². The second-order valence-corrected chi connectivity index (χ2v) is 4.92. The largest absolute Gasteiger partial charge is 0.381 e. The molecule has 1 heterocycles. The Bertz CT molecular complexity index is 255. The number of carbonyl (C=O) groups is 1. The van der Waals surface area contributed by atoms with Crippen LogP contribution in [0.4, 0.5) is 0 Å². The predicted molar refractivity (Wildman–Crippen MR) is 69.9 cm³/mol. The Labute approximate surface area is 111 Å². The second kappa shape index (κ2) is 7.27. The monoisotopic (exact) mass is 312 g/mol. The van der Waals surface area contributed by atoms with Crippen LogP contribution in [0.3, 0.4) is 0 Å². The van der Waals surface area contributed by atoms with Crippen LogP contribution in [0.5, 0.6) is 0 Å². The Morgan fingerprint density at radius 2 is 2.06 bits per heavy atom. The maximum absolute atomic E-state index is 11.9. The third kappa shape index (κ3) is 4.05. The van der Waals surface area contributed by atoms with Crippen molar-refractivity contribution in [2.24, 2.45) is 11.1 Å². The fourth-order valence-electron chi connectivity index (χ4n) is 1.65. The number of halogens is 2. The summed E-state index contributed by atoms with van der Waals surface area (Å²) in [5, 5.41) is 2.82. The molecule has 0 aromatic carbocycles. The summed E-state index contributed by atoms with van der Waals surface area (Å²) in [5.74, 6) is 0.00824. The van der Waals surface area contributed by atoms with Crippen molar-refractivity contribution in [2.45, 2.75) is 12.8 Å². The number of amides is 1. The van der Waals surface area contributed by atoms with Gasteiger partial charge >= 0.3 is 0 Å². The Morgan fingerprint density at radius 1 is 1.50 bits per heavy atom. The first-order chi connectivity index (χ1) is 7.10.